The van der Waals surface area contributed by atoms with Crippen molar-refractivity contribution in [2.24, 2.45) is 0 Å². The molecular formula is C6H12N4O. The first kappa shape index (κ1) is 8.00. The summed E-state index contributed by atoms with van der Waals surface area (Å²) in [5.41, 5.74) is -0.247. The molecule has 1 rings (SSSR count). The van der Waals surface area contributed by atoms with E-state index in [1.807, 2.05) is 14.0 Å². The van der Waals surface area contributed by atoms with Gasteiger partial charge in [0, 0.05) is 12.5 Å². The molecule has 5 heteroatoms. The molecule has 0 saturated carbocycles. The predicted molar refractivity (Wildman–Crippen MR) is 41.6 cm³/mol. The number of nitrogens with one attached hydrogen (secondary N) is 3. The van der Waals surface area contributed by atoms with Crippen molar-refractivity contribution in [3.63, 3.8) is 0 Å². The summed E-state index contributed by atoms with van der Waals surface area (Å²) in [6, 6.07) is 0. The monoisotopic (exact) mass is 156 g/mol. The highest BCUT2D eigenvalue weighted by Gasteiger charge is 2.06. The third-order valence-electron chi connectivity index (χ3n) is 1.50. The minimum atomic E-state index is -0.247. The molecule has 0 bridgehead atoms. The van der Waals surface area contributed by atoms with Crippen molar-refractivity contribution in [1.82, 2.24) is 20.5 Å². The van der Waals surface area contributed by atoms with Gasteiger partial charge in [0.05, 0.1) is 0 Å². The number of aromatic amines is 2. The van der Waals surface area contributed by atoms with E-state index in [1.165, 1.54) is 0 Å². The molecule has 0 aliphatic heterocycles. The lowest BCUT2D eigenvalue weighted by atomic mass is 10.2. The molecular weight excluding hydrogens is 144 g/mol. The molecule has 5 nitrogen and oxygen atoms in total. The zero-order valence-electron chi connectivity index (χ0n) is 6.64. The zero-order chi connectivity index (χ0) is 8.27. The Kier molecular flexibility index (Phi) is 2.43. The summed E-state index contributed by atoms with van der Waals surface area (Å²) in [7, 11) is 1.86. The lowest BCUT2D eigenvalue weighted by molar-refractivity contribution is 0.643. The van der Waals surface area contributed by atoms with Crippen molar-refractivity contribution in [1.29, 1.82) is 0 Å². The molecule has 3 N–H and O–H groups in total. The van der Waals surface area contributed by atoms with Crippen LogP contribution in [0.3, 0.4) is 0 Å². The average molecular weight is 156 g/mol. The molecule has 0 aromatic carbocycles. The van der Waals surface area contributed by atoms with Gasteiger partial charge in [-0.15, -0.1) is 0 Å². The molecule has 0 amide bonds. The smallest absolute Gasteiger partial charge is 0.319 e. The number of hydrogen-bond donors (Lipinski definition) is 3. The van der Waals surface area contributed by atoms with Crippen LogP contribution in [0.2, 0.25) is 0 Å². The van der Waals surface area contributed by atoms with Gasteiger partial charge in [0.1, 0.15) is 5.82 Å². The molecule has 1 heterocycles. The molecule has 0 fully saturated rings. The number of likely N-dealkylation sites (N-methyl/N-ethyl adjacent to an activating group) is 1. The van der Waals surface area contributed by atoms with Gasteiger partial charge >= 0.3 is 5.69 Å². The topological polar surface area (TPSA) is 73.6 Å². The summed E-state index contributed by atoms with van der Waals surface area (Å²) in [6.07, 6.45) is 0. The molecule has 0 aliphatic rings. The van der Waals surface area contributed by atoms with Gasteiger partial charge in [0.15, 0.2) is 0 Å². The van der Waals surface area contributed by atoms with Crippen LogP contribution in [0.5, 0.6) is 0 Å². The first-order valence-corrected chi connectivity index (χ1v) is 3.53. The summed E-state index contributed by atoms with van der Waals surface area (Å²) in [5, 5.41) is 9.12. The summed E-state index contributed by atoms with van der Waals surface area (Å²) < 4.78 is 0. The maximum Gasteiger partial charge on any atom is 0.340 e. The Morgan fingerprint density at radius 2 is 2.45 bits per heavy atom. The second-order valence-corrected chi connectivity index (χ2v) is 2.52. The largest absolute Gasteiger partial charge is 0.340 e. The zero-order valence-corrected chi connectivity index (χ0v) is 6.64. The van der Waals surface area contributed by atoms with Crippen LogP contribution in [-0.4, -0.2) is 28.8 Å². The van der Waals surface area contributed by atoms with Crippen LogP contribution in [0.1, 0.15) is 18.7 Å². The van der Waals surface area contributed by atoms with Gasteiger partial charge in [-0.1, -0.05) is 6.92 Å². The van der Waals surface area contributed by atoms with Crippen LogP contribution in [0.25, 0.3) is 0 Å². The van der Waals surface area contributed by atoms with Gasteiger partial charge in [-0.25, -0.2) is 9.89 Å². The molecule has 1 aromatic heterocycles. The van der Waals surface area contributed by atoms with Gasteiger partial charge in [-0.3, -0.25) is 4.98 Å². The van der Waals surface area contributed by atoms with Crippen LogP contribution in [-0.2, 0) is 0 Å². The maximum absolute atomic E-state index is 10.6. The number of rotatable bonds is 3. The molecule has 0 aliphatic carbocycles. The summed E-state index contributed by atoms with van der Waals surface area (Å²) in [6.45, 7) is 2.80. The number of nitrogens with zero attached hydrogens (tertiary/aromatic N) is 1. The van der Waals surface area contributed by atoms with E-state index < -0.39 is 0 Å². The summed E-state index contributed by atoms with van der Waals surface area (Å²) in [4.78, 5) is 13.2. The highest BCUT2D eigenvalue weighted by Crippen LogP contribution is 2.04. The Hall–Kier alpha value is -1.10. The van der Waals surface area contributed by atoms with Gasteiger partial charge in [-0.05, 0) is 7.05 Å². The lowest BCUT2D eigenvalue weighted by Crippen LogP contribution is -2.16. The lowest BCUT2D eigenvalue weighted by Gasteiger charge is -2.04. The molecule has 11 heavy (non-hydrogen) atoms. The molecule has 0 radical (unpaired) electrons. The van der Waals surface area contributed by atoms with E-state index in [0.717, 1.165) is 6.54 Å². The second-order valence-electron chi connectivity index (χ2n) is 2.52. The van der Waals surface area contributed by atoms with Crippen LogP contribution in [0.15, 0.2) is 4.79 Å². The minimum absolute atomic E-state index is 0.235. The highest BCUT2D eigenvalue weighted by atomic mass is 16.1. The average Bonchev–Trinajstić information content (AvgIpc) is 2.36. The highest BCUT2D eigenvalue weighted by molar-refractivity contribution is 4.91. The van der Waals surface area contributed by atoms with Gasteiger partial charge in [0.25, 0.3) is 0 Å². The Bertz CT molecular complexity index is 264. The van der Waals surface area contributed by atoms with Crippen LogP contribution >= 0.6 is 0 Å². The SMILES string of the molecule is CNCC(C)c1n[nH]c(=O)[nH]1. The molecule has 1 atom stereocenters. The van der Waals surface area contributed by atoms with Crippen molar-refractivity contribution in [3.05, 3.63) is 16.3 Å². The second kappa shape index (κ2) is 3.34. The fraction of sp³-hybridized carbons (Fsp3) is 0.667. The van der Waals surface area contributed by atoms with Crippen molar-refractivity contribution in [2.75, 3.05) is 13.6 Å². The normalized spacial score (nSPS) is 13.3. The molecule has 1 aromatic rings. The predicted octanol–water partition coefficient (Wildman–Crippen LogP) is -0.579. The minimum Gasteiger partial charge on any atom is -0.319 e. The van der Waals surface area contributed by atoms with Crippen LogP contribution in [0, 0.1) is 0 Å². The standard InChI is InChI=1S/C6H12N4O/c1-4(3-7-2)5-8-6(11)10-9-5/h4,7H,3H2,1-2H3,(H2,8,9,10,11). The molecule has 1 unspecified atom stereocenters. The van der Waals surface area contributed by atoms with Gasteiger partial charge in [0.2, 0.25) is 0 Å². The van der Waals surface area contributed by atoms with Crippen molar-refractivity contribution in [2.45, 2.75) is 12.8 Å². The van der Waals surface area contributed by atoms with E-state index in [9.17, 15) is 4.79 Å². The summed E-state index contributed by atoms with van der Waals surface area (Å²) in [5.74, 6) is 0.934. The Labute approximate surface area is 64.2 Å². The number of aromatic nitrogens is 3. The van der Waals surface area contributed by atoms with E-state index in [2.05, 4.69) is 20.5 Å². The fourth-order valence-corrected chi connectivity index (χ4v) is 0.919. The number of H-pyrrole nitrogens is 2. The maximum atomic E-state index is 10.6. The summed E-state index contributed by atoms with van der Waals surface area (Å²) >= 11 is 0. The van der Waals surface area contributed by atoms with E-state index in [-0.39, 0.29) is 11.6 Å². The van der Waals surface area contributed by atoms with Gasteiger partial charge < -0.3 is 5.32 Å². The molecule has 0 saturated heterocycles. The van der Waals surface area contributed by atoms with E-state index in [1.54, 1.807) is 0 Å². The van der Waals surface area contributed by atoms with E-state index in [4.69, 9.17) is 0 Å². The van der Waals surface area contributed by atoms with Crippen molar-refractivity contribution in [3.8, 4) is 0 Å². The van der Waals surface area contributed by atoms with E-state index in [0.29, 0.717) is 5.82 Å². The first-order valence-electron chi connectivity index (χ1n) is 3.53. The van der Waals surface area contributed by atoms with E-state index >= 15 is 0 Å². The molecule has 62 valence electrons. The first-order chi connectivity index (χ1) is 5.24. The number of hydrogen-bond acceptors (Lipinski definition) is 3. The Morgan fingerprint density at radius 1 is 1.73 bits per heavy atom. The molecule has 0 spiro atoms. The van der Waals surface area contributed by atoms with Crippen LogP contribution in [0.4, 0.5) is 0 Å². The Balaban J connectivity index is 2.68. The van der Waals surface area contributed by atoms with Crippen LogP contribution < -0.4 is 11.0 Å². The Morgan fingerprint density at radius 3 is 2.91 bits per heavy atom. The van der Waals surface area contributed by atoms with Gasteiger partial charge in [-0.2, -0.15) is 5.10 Å². The third-order valence-corrected chi connectivity index (χ3v) is 1.50. The van der Waals surface area contributed by atoms with Crippen molar-refractivity contribution >= 4 is 0 Å². The fourth-order valence-electron chi connectivity index (χ4n) is 0.919. The third kappa shape index (κ3) is 1.91. The van der Waals surface area contributed by atoms with Crippen molar-refractivity contribution < 1.29 is 0 Å². The quantitative estimate of drug-likeness (QED) is 0.548.